The van der Waals surface area contributed by atoms with Gasteiger partial charge in [-0.05, 0) is 70.3 Å². The van der Waals surface area contributed by atoms with E-state index in [1.807, 2.05) is 0 Å². The number of aryl methyl sites for hydroxylation is 1. The Morgan fingerprint density at radius 3 is 2.20 bits per heavy atom. The summed E-state index contributed by atoms with van der Waals surface area (Å²) in [6.07, 6.45) is 12.3. The first-order valence-corrected chi connectivity index (χ1v) is 20.0. The van der Waals surface area contributed by atoms with Crippen LogP contribution in [0.3, 0.4) is 0 Å². The SMILES string of the molecule is C/C=C\c1c(Cc2cc3c(c4c2Bc2cccc5c2N4c2ccccc2C5(c2ccccc2)c2ccccc2)C=CCC3)[nH]c2c1-c1ccccc1C2(C)C. The second-order valence-electron chi connectivity index (χ2n) is 16.3. The number of aromatic amines is 1. The highest BCUT2D eigenvalue weighted by molar-refractivity contribution is 6.72. The van der Waals surface area contributed by atoms with Gasteiger partial charge in [0.05, 0.1) is 11.1 Å². The van der Waals surface area contributed by atoms with Crippen molar-refractivity contribution in [2.75, 3.05) is 4.90 Å². The van der Waals surface area contributed by atoms with E-state index in [4.69, 9.17) is 0 Å². The van der Waals surface area contributed by atoms with Gasteiger partial charge in [-0.2, -0.15) is 0 Å². The molecule has 0 saturated carbocycles. The van der Waals surface area contributed by atoms with E-state index in [9.17, 15) is 0 Å². The Morgan fingerprint density at radius 2 is 1.44 bits per heavy atom. The summed E-state index contributed by atoms with van der Waals surface area (Å²) in [6, 6.07) is 50.3. The molecule has 2 nitrogen and oxygen atoms in total. The lowest BCUT2D eigenvalue weighted by molar-refractivity contribution is 0.637. The van der Waals surface area contributed by atoms with Crippen molar-refractivity contribution in [3.63, 3.8) is 0 Å². The smallest absolute Gasteiger partial charge is 0.198 e. The number of allylic oxidation sites excluding steroid dienone is 2. The summed E-state index contributed by atoms with van der Waals surface area (Å²) in [5.41, 5.74) is 23.9. The number of rotatable bonds is 5. The lowest BCUT2D eigenvalue weighted by Gasteiger charge is -2.49. The summed E-state index contributed by atoms with van der Waals surface area (Å²) in [5.74, 6) is 0. The first kappa shape index (κ1) is 32.4. The largest absolute Gasteiger partial charge is 0.360 e. The molecule has 2 aliphatic heterocycles. The highest BCUT2D eigenvalue weighted by atomic mass is 15.2. The third-order valence-corrected chi connectivity index (χ3v) is 13.1. The number of H-pyrrole nitrogens is 1. The molecule has 0 saturated heterocycles. The molecule has 0 atom stereocenters. The molecule has 264 valence electrons. The highest BCUT2D eigenvalue weighted by Crippen LogP contribution is 2.58. The third-order valence-electron chi connectivity index (χ3n) is 13.1. The lowest BCUT2D eigenvalue weighted by atomic mass is 9.53. The van der Waals surface area contributed by atoms with Gasteiger partial charge in [0.25, 0.3) is 0 Å². The van der Waals surface area contributed by atoms with Crippen LogP contribution in [0.25, 0.3) is 23.3 Å². The Balaban J connectivity index is 1.17. The molecule has 2 aliphatic carbocycles. The van der Waals surface area contributed by atoms with Crippen molar-refractivity contribution in [1.29, 1.82) is 0 Å². The quantitative estimate of drug-likeness (QED) is 0.177. The van der Waals surface area contributed by atoms with Crippen LogP contribution < -0.4 is 15.8 Å². The Kier molecular flexibility index (Phi) is 7.05. The molecule has 11 rings (SSSR count). The normalized spacial score (nSPS) is 16.1. The molecule has 0 amide bonds. The summed E-state index contributed by atoms with van der Waals surface area (Å²) in [7, 11) is 0.890. The monoisotopic (exact) mass is 706 g/mol. The predicted octanol–water partition coefficient (Wildman–Crippen LogP) is 10.8. The molecule has 1 aromatic heterocycles. The van der Waals surface area contributed by atoms with Gasteiger partial charge >= 0.3 is 0 Å². The van der Waals surface area contributed by atoms with Gasteiger partial charge in [0.1, 0.15) is 0 Å². The fourth-order valence-corrected chi connectivity index (χ4v) is 10.8. The molecule has 1 N–H and O–H groups in total. The van der Waals surface area contributed by atoms with Crippen molar-refractivity contribution < 1.29 is 0 Å². The van der Waals surface area contributed by atoms with Gasteiger partial charge in [-0.15, -0.1) is 0 Å². The van der Waals surface area contributed by atoms with Crippen LogP contribution >= 0.6 is 0 Å². The molecule has 7 aromatic rings. The lowest BCUT2D eigenvalue weighted by Crippen LogP contribution is -2.48. The molecule has 0 fully saturated rings. The minimum atomic E-state index is -0.471. The van der Waals surface area contributed by atoms with Crippen molar-refractivity contribution in [3.8, 4) is 11.1 Å². The molecular formula is C52H43BN2. The molecule has 55 heavy (non-hydrogen) atoms. The van der Waals surface area contributed by atoms with Gasteiger partial charge in [0.2, 0.25) is 0 Å². The maximum atomic E-state index is 4.07. The van der Waals surface area contributed by atoms with Crippen molar-refractivity contribution in [1.82, 2.24) is 4.98 Å². The van der Waals surface area contributed by atoms with Gasteiger partial charge in [-0.25, -0.2) is 0 Å². The molecule has 0 unspecified atom stereocenters. The summed E-state index contributed by atoms with van der Waals surface area (Å²) >= 11 is 0. The van der Waals surface area contributed by atoms with Crippen LogP contribution in [0.1, 0.15) is 88.7 Å². The minimum absolute atomic E-state index is 0.0859. The van der Waals surface area contributed by atoms with E-state index in [2.05, 4.69) is 188 Å². The second kappa shape index (κ2) is 12.0. The predicted molar refractivity (Wildman–Crippen MR) is 233 cm³/mol. The van der Waals surface area contributed by atoms with Gasteiger partial charge in [-0.1, -0.05) is 176 Å². The van der Waals surface area contributed by atoms with Crippen molar-refractivity contribution in [2.24, 2.45) is 0 Å². The van der Waals surface area contributed by atoms with E-state index in [1.165, 1.54) is 101 Å². The van der Waals surface area contributed by atoms with Crippen LogP contribution in [0.5, 0.6) is 0 Å². The van der Waals surface area contributed by atoms with E-state index < -0.39 is 5.41 Å². The van der Waals surface area contributed by atoms with Crippen LogP contribution in [-0.4, -0.2) is 12.3 Å². The van der Waals surface area contributed by atoms with E-state index in [0.29, 0.717) is 0 Å². The number of nitrogens with zero attached hydrogens (tertiary/aromatic N) is 1. The highest BCUT2D eigenvalue weighted by Gasteiger charge is 2.49. The Bertz CT molecular complexity index is 2710. The maximum Gasteiger partial charge on any atom is 0.198 e. The number of anilines is 3. The summed E-state index contributed by atoms with van der Waals surface area (Å²) < 4.78 is 0. The molecule has 6 aromatic carbocycles. The number of benzene rings is 6. The van der Waals surface area contributed by atoms with Crippen LogP contribution in [0.2, 0.25) is 0 Å². The molecule has 0 radical (unpaired) electrons. The van der Waals surface area contributed by atoms with Crippen LogP contribution in [-0.2, 0) is 23.7 Å². The average molecular weight is 707 g/mol. The van der Waals surface area contributed by atoms with Crippen molar-refractivity contribution in [3.05, 3.63) is 207 Å². The average Bonchev–Trinajstić information content (AvgIpc) is 3.70. The van der Waals surface area contributed by atoms with Gasteiger partial charge in [0, 0.05) is 51.3 Å². The van der Waals surface area contributed by atoms with Crippen LogP contribution in [0.4, 0.5) is 17.1 Å². The molecular weight excluding hydrogens is 663 g/mol. The first-order valence-electron chi connectivity index (χ1n) is 20.0. The standard InChI is InChI=1S/C52H43BN2/c1-4-18-39-44(54-50-46(39)38-25-13-14-26-40(38)51(50,2)3)32-34-31-33-19-11-12-24-37(33)48-47(34)53-43-29-17-28-42-49(43)55(48)45-30-16-15-27-41(45)52(42,35-20-7-5-8-21-35)36-22-9-6-10-23-36/h4-10,12-18,20-31,53-54H,11,19,32H2,1-3H3/b18-4-. The number of nitrogens with one attached hydrogen (secondary N) is 1. The minimum Gasteiger partial charge on any atom is -0.360 e. The van der Waals surface area contributed by atoms with Gasteiger partial charge in [0.15, 0.2) is 7.28 Å². The zero-order chi connectivity index (χ0) is 36.9. The van der Waals surface area contributed by atoms with E-state index >= 15 is 0 Å². The number of hydrogen-bond donors (Lipinski definition) is 1. The van der Waals surface area contributed by atoms with Crippen molar-refractivity contribution >= 4 is 47.4 Å². The number of hydrogen-bond acceptors (Lipinski definition) is 1. The molecule has 0 bridgehead atoms. The molecule has 3 heteroatoms. The Hall–Kier alpha value is -6.06. The fourth-order valence-electron chi connectivity index (χ4n) is 10.8. The van der Waals surface area contributed by atoms with Crippen LogP contribution in [0.15, 0.2) is 146 Å². The molecule has 3 heterocycles. The maximum absolute atomic E-state index is 4.07. The summed E-state index contributed by atoms with van der Waals surface area (Å²) in [6.45, 7) is 6.89. The third kappa shape index (κ3) is 4.38. The second-order valence-corrected chi connectivity index (χ2v) is 16.3. The number of fused-ring (bicyclic) bond motifs is 9. The van der Waals surface area contributed by atoms with Crippen molar-refractivity contribution in [2.45, 2.75) is 50.9 Å². The Morgan fingerprint density at radius 1 is 0.745 bits per heavy atom. The van der Waals surface area contributed by atoms with E-state index in [-0.39, 0.29) is 5.41 Å². The fraction of sp³-hybridized carbons (Fsp3) is 0.154. The van der Waals surface area contributed by atoms with Gasteiger partial charge in [-0.3, -0.25) is 0 Å². The van der Waals surface area contributed by atoms with E-state index in [1.54, 1.807) is 0 Å². The molecule has 0 spiro atoms. The Labute approximate surface area is 325 Å². The topological polar surface area (TPSA) is 19.0 Å². The zero-order valence-electron chi connectivity index (χ0n) is 31.8. The first-order chi connectivity index (χ1) is 27.0. The molecule has 4 aliphatic rings. The zero-order valence-corrected chi connectivity index (χ0v) is 31.8. The summed E-state index contributed by atoms with van der Waals surface area (Å²) in [5, 5.41) is 0. The number of aromatic nitrogens is 1. The van der Waals surface area contributed by atoms with E-state index in [0.717, 1.165) is 26.5 Å². The van der Waals surface area contributed by atoms with Gasteiger partial charge < -0.3 is 9.88 Å². The summed E-state index contributed by atoms with van der Waals surface area (Å²) in [4.78, 5) is 6.74. The number of para-hydroxylation sites is 2. The van der Waals surface area contributed by atoms with Crippen LogP contribution in [0, 0.1) is 0 Å².